The van der Waals surface area contributed by atoms with Gasteiger partial charge in [-0.3, -0.25) is 4.79 Å². The Morgan fingerprint density at radius 2 is 1.73 bits per heavy atom. The predicted octanol–water partition coefficient (Wildman–Crippen LogP) is 3.56. The first-order valence-corrected chi connectivity index (χ1v) is 7.18. The van der Waals surface area contributed by atoms with E-state index in [0.29, 0.717) is 12.3 Å². The summed E-state index contributed by atoms with van der Waals surface area (Å²) in [7, 11) is 1.74. The lowest BCUT2D eigenvalue weighted by molar-refractivity contribution is -0.137. The SMILES string of the molecule is Cc1ccc(CN(C)C(=O)[C@H](C)Oc2ccc(F)cc2)cc1. The first-order valence-electron chi connectivity index (χ1n) is 7.18. The Hall–Kier alpha value is -2.36. The highest BCUT2D eigenvalue weighted by Crippen LogP contribution is 2.14. The summed E-state index contributed by atoms with van der Waals surface area (Å²) in [6, 6.07) is 13.7. The number of rotatable bonds is 5. The van der Waals surface area contributed by atoms with Crippen LogP contribution in [0.5, 0.6) is 5.75 Å². The molecule has 0 radical (unpaired) electrons. The van der Waals surface area contributed by atoms with E-state index in [2.05, 4.69) is 0 Å². The molecular formula is C18H20FNO2. The highest BCUT2D eigenvalue weighted by molar-refractivity contribution is 5.80. The number of ether oxygens (including phenoxy) is 1. The van der Waals surface area contributed by atoms with E-state index in [1.54, 1.807) is 18.9 Å². The molecule has 2 rings (SSSR count). The van der Waals surface area contributed by atoms with Crippen LogP contribution in [0.3, 0.4) is 0 Å². The lowest BCUT2D eigenvalue weighted by Gasteiger charge is -2.22. The van der Waals surface area contributed by atoms with Gasteiger partial charge in [0.15, 0.2) is 6.10 Å². The maximum absolute atomic E-state index is 12.9. The molecule has 0 aromatic heterocycles. The number of carbonyl (C=O) groups excluding carboxylic acids is 1. The fourth-order valence-corrected chi connectivity index (χ4v) is 2.12. The van der Waals surface area contributed by atoms with Gasteiger partial charge in [0.1, 0.15) is 11.6 Å². The van der Waals surface area contributed by atoms with Gasteiger partial charge in [-0.2, -0.15) is 0 Å². The van der Waals surface area contributed by atoms with Gasteiger partial charge in [-0.15, -0.1) is 0 Å². The smallest absolute Gasteiger partial charge is 0.263 e. The molecule has 0 unspecified atom stereocenters. The van der Waals surface area contributed by atoms with Crippen LogP contribution in [0.2, 0.25) is 0 Å². The van der Waals surface area contributed by atoms with Crippen LogP contribution in [0.1, 0.15) is 18.1 Å². The molecule has 0 aliphatic heterocycles. The van der Waals surface area contributed by atoms with Gasteiger partial charge in [0, 0.05) is 13.6 Å². The molecule has 0 saturated heterocycles. The Labute approximate surface area is 130 Å². The molecule has 0 saturated carbocycles. The summed E-state index contributed by atoms with van der Waals surface area (Å²) >= 11 is 0. The summed E-state index contributed by atoms with van der Waals surface area (Å²) in [5.74, 6) is 0.0266. The summed E-state index contributed by atoms with van der Waals surface area (Å²) in [5.41, 5.74) is 2.25. The van der Waals surface area contributed by atoms with Crippen molar-refractivity contribution >= 4 is 5.91 Å². The molecule has 0 heterocycles. The zero-order chi connectivity index (χ0) is 16.1. The second-order valence-corrected chi connectivity index (χ2v) is 5.39. The van der Waals surface area contributed by atoms with E-state index in [4.69, 9.17) is 4.74 Å². The Morgan fingerprint density at radius 3 is 2.32 bits per heavy atom. The number of amides is 1. The van der Waals surface area contributed by atoms with E-state index in [-0.39, 0.29) is 11.7 Å². The summed E-state index contributed by atoms with van der Waals surface area (Å²) in [4.78, 5) is 13.9. The second kappa shape index (κ2) is 7.07. The number of halogens is 1. The fourth-order valence-electron chi connectivity index (χ4n) is 2.12. The minimum Gasteiger partial charge on any atom is -0.481 e. The topological polar surface area (TPSA) is 29.5 Å². The van der Waals surface area contributed by atoms with Crippen molar-refractivity contribution in [3.05, 3.63) is 65.5 Å². The highest BCUT2D eigenvalue weighted by atomic mass is 19.1. The highest BCUT2D eigenvalue weighted by Gasteiger charge is 2.19. The average Bonchev–Trinajstić information content (AvgIpc) is 2.51. The minimum absolute atomic E-state index is 0.120. The van der Waals surface area contributed by atoms with Gasteiger partial charge in [-0.25, -0.2) is 4.39 Å². The van der Waals surface area contributed by atoms with Crippen LogP contribution in [0.4, 0.5) is 4.39 Å². The van der Waals surface area contributed by atoms with E-state index in [9.17, 15) is 9.18 Å². The molecule has 3 nitrogen and oxygen atoms in total. The summed E-state index contributed by atoms with van der Waals surface area (Å²) in [6.07, 6.45) is -0.624. The molecule has 0 N–H and O–H groups in total. The maximum atomic E-state index is 12.9. The van der Waals surface area contributed by atoms with E-state index in [0.717, 1.165) is 5.56 Å². The van der Waals surface area contributed by atoms with Crippen molar-refractivity contribution in [1.29, 1.82) is 0 Å². The van der Waals surface area contributed by atoms with Crippen LogP contribution >= 0.6 is 0 Å². The molecule has 0 bridgehead atoms. The number of nitrogens with zero attached hydrogens (tertiary/aromatic N) is 1. The van der Waals surface area contributed by atoms with E-state index in [1.165, 1.54) is 29.8 Å². The fraction of sp³-hybridized carbons (Fsp3) is 0.278. The zero-order valence-electron chi connectivity index (χ0n) is 13.0. The molecule has 1 atom stereocenters. The number of hydrogen-bond acceptors (Lipinski definition) is 2. The third kappa shape index (κ3) is 4.32. The van der Waals surface area contributed by atoms with E-state index in [1.807, 2.05) is 31.2 Å². The number of hydrogen-bond donors (Lipinski definition) is 0. The van der Waals surface area contributed by atoms with Gasteiger partial charge in [-0.1, -0.05) is 29.8 Å². The molecule has 2 aromatic rings. The number of likely N-dealkylation sites (N-methyl/N-ethyl adjacent to an activating group) is 1. The molecule has 1 amide bonds. The second-order valence-electron chi connectivity index (χ2n) is 5.39. The summed E-state index contributed by atoms with van der Waals surface area (Å²) in [5, 5.41) is 0. The Balaban J connectivity index is 1.94. The third-order valence-electron chi connectivity index (χ3n) is 3.39. The molecule has 0 aliphatic rings. The molecule has 0 fully saturated rings. The molecule has 2 aromatic carbocycles. The first kappa shape index (κ1) is 16.0. The van der Waals surface area contributed by atoms with Crippen molar-refractivity contribution in [2.75, 3.05) is 7.05 Å². The van der Waals surface area contributed by atoms with Crippen LogP contribution in [0, 0.1) is 12.7 Å². The molecular weight excluding hydrogens is 281 g/mol. The maximum Gasteiger partial charge on any atom is 0.263 e. The van der Waals surface area contributed by atoms with Gasteiger partial charge in [0.05, 0.1) is 0 Å². The lowest BCUT2D eigenvalue weighted by Crippen LogP contribution is -2.37. The first-order chi connectivity index (χ1) is 10.5. The molecule has 116 valence electrons. The zero-order valence-corrected chi connectivity index (χ0v) is 13.0. The van der Waals surface area contributed by atoms with Gasteiger partial charge in [0.2, 0.25) is 0 Å². The monoisotopic (exact) mass is 301 g/mol. The van der Waals surface area contributed by atoms with Crippen LogP contribution in [0.25, 0.3) is 0 Å². The van der Waals surface area contributed by atoms with E-state index >= 15 is 0 Å². The number of aryl methyl sites for hydroxylation is 1. The molecule has 4 heteroatoms. The van der Waals surface area contributed by atoms with Crippen molar-refractivity contribution in [1.82, 2.24) is 4.90 Å². The van der Waals surface area contributed by atoms with Crippen molar-refractivity contribution in [2.24, 2.45) is 0 Å². The molecule has 0 spiro atoms. The standard InChI is InChI=1S/C18H20FNO2/c1-13-4-6-15(7-5-13)12-20(3)18(21)14(2)22-17-10-8-16(19)9-11-17/h4-11,14H,12H2,1-3H3/t14-/m0/s1. The van der Waals surface area contributed by atoms with Crippen molar-refractivity contribution in [2.45, 2.75) is 26.5 Å². The van der Waals surface area contributed by atoms with E-state index < -0.39 is 6.10 Å². The van der Waals surface area contributed by atoms with Gasteiger partial charge >= 0.3 is 0 Å². The minimum atomic E-state index is -0.624. The van der Waals surface area contributed by atoms with Crippen LogP contribution in [0.15, 0.2) is 48.5 Å². The largest absolute Gasteiger partial charge is 0.481 e. The predicted molar refractivity (Wildman–Crippen MR) is 84.1 cm³/mol. The van der Waals surface area contributed by atoms with Crippen molar-refractivity contribution in [3.8, 4) is 5.75 Å². The van der Waals surface area contributed by atoms with Gasteiger partial charge in [0.25, 0.3) is 5.91 Å². The Bertz CT molecular complexity index is 567. The van der Waals surface area contributed by atoms with Crippen LogP contribution < -0.4 is 4.74 Å². The van der Waals surface area contributed by atoms with Crippen LogP contribution in [-0.2, 0) is 11.3 Å². The van der Waals surface area contributed by atoms with Crippen LogP contribution in [-0.4, -0.2) is 24.0 Å². The Kier molecular flexibility index (Phi) is 5.15. The van der Waals surface area contributed by atoms with Gasteiger partial charge in [-0.05, 0) is 43.7 Å². The molecule has 22 heavy (non-hydrogen) atoms. The molecule has 0 aliphatic carbocycles. The quantitative estimate of drug-likeness (QED) is 0.845. The normalized spacial score (nSPS) is 11.8. The van der Waals surface area contributed by atoms with Crippen molar-refractivity contribution in [3.63, 3.8) is 0 Å². The van der Waals surface area contributed by atoms with Crippen molar-refractivity contribution < 1.29 is 13.9 Å². The average molecular weight is 301 g/mol. The third-order valence-corrected chi connectivity index (χ3v) is 3.39. The number of benzene rings is 2. The summed E-state index contributed by atoms with van der Waals surface area (Å²) < 4.78 is 18.4. The Morgan fingerprint density at radius 1 is 1.14 bits per heavy atom. The number of carbonyl (C=O) groups is 1. The summed E-state index contributed by atoms with van der Waals surface area (Å²) in [6.45, 7) is 4.24. The lowest BCUT2D eigenvalue weighted by atomic mass is 10.1. The van der Waals surface area contributed by atoms with Gasteiger partial charge < -0.3 is 9.64 Å².